The van der Waals surface area contributed by atoms with E-state index in [9.17, 15) is 9.18 Å². The molecule has 4 rings (SSSR count). The molecule has 0 aliphatic carbocycles. The lowest BCUT2D eigenvalue weighted by atomic mass is 10.1. The minimum absolute atomic E-state index is 0.134. The number of hydrogen-bond acceptors (Lipinski definition) is 2. The number of nitrogens with zero attached hydrogens (tertiary/aromatic N) is 2. The lowest BCUT2D eigenvalue weighted by Gasteiger charge is -2.06. The molecule has 4 nitrogen and oxygen atoms in total. The Morgan fingerprint density at radius 1 is 0.929 bits per heavy atom. The zero-order chi connectivity index (χ0) is 19.5. The van der Waals surface area contributed by atoms with E-state index in [1.54, 1.807) is 23.0 Å². The fourth-order valence-corrected chi connectivity index (χ4v) is 2.93. The van der Waals surface area contributed by atoms with Gasteiger partial charge in [-0.2, -0.15) is 5.10 Å². The molecule has 1 N–H and O–H groups in total. The van der Waals surface area contributed by atoms with E-state index in [2.05, 4.69) is 10.4 Å². The molecule has 5 heteroatoms. The molecule has 1 aromatic heterocycles. The molecule has 0 saturated heterocycles. The van der Waals surface area contributed by atoms with E-state index >= 15 is 0 Å². The Balaban J connectivity index is 1.77. The second kappa shape index (κ2) is 7.48. The lowest BCUT2D eigenvalue weighted by molar-refractivity contribution is 0.102. The predicted molar refractivity (Wildman–Crippen MR) is 108 cm³/mol. The summed E-state index contributed by atoms with van der Waals surface area (Å²) in [5.74, 6) is -0.898. The van der Waals surface area contributed by atoms with Crippen LogP contribution in [-0.2, 0) is 0 Å². The number of carbonyl (C=O) groups excluding carboxylic acids is 1. The van der Waals surface area contributed by atoms with Crippen LogP contribution in [0.5, 0.6) is 0 Å². The van der Waals surface area contributed by atoms with Crippen LogP contribution in [0.2, 0.25) is 0 Å². The maximum atomic E-state index is 14.0. The zero-order valence-electron chi connectivity index (χ0n) is 15.3. The van der Waals surface area contributed by atoms with Gasteiger partial charge in [0.2, 0.25) is 0 Å². The van der Waals surface area contributed by atoms with Gasteiger partial charge in [-0.25, -0.2) is 9.07 Å². The van der Waals surface area contributed by atoms with Crippen molar-refractivity contribution in [2.75, 3.05) is 5.32 Å². The highest BCUT2D eigenvalue weighted by atomic mass is 19.1. The topological polar surface area (TPSA) is 46.9 Å². The molecule has 0 bridgehead atoms. The normalized spacial score (nSPS) is 10.6. The van der Waals surface area contributed by atoms with Crippen molar-refractivity contribution < 1.29 is 9.18 Å². The molecule has 3 aromatic carbocycles. The summed E-state index contributed by atoms with van der Waals surface area (Å²) in [4.78, 5) is 12.9. The van der Waals surface area contributed by atoms with Gasteiger partial charge in [0.1, 0.15) is 11.5 Å². The van der Waals surface area contributed by atoms with Crippen molar-refractivity contribution in [1.29, 1.82) is 0 Å². The van der Waals surface area contributed by atoms with Gasteiger partial charge in [0, 0.05) is 11.8 Å². The number of anilines is 1. The van der Waals surface area contributed by atoms with Crippen LogP contribution in [0.15, 0.2) is 85.1 Å². The fraction of sp³-hybridized carbons (Fsp3) is 0.0435. The molecular weight excluding hydrogens is 353 g/mol. The number of amides is 1. The summed E-state index contributed by atoms with van der Waals surface area (Å²) in [5.41, 5.74) is 3.83. The smallest absolute Gasteiger partial charge is 0.259 e. The number of nitrogens with one attached hydrogen (secondary N) is 1. The summed E-state index contributed by atoms with van der Waals surface area (Å²) < 4.78 is 15.6. The number of halogens is 1. The van der Waals surface area contributed by atoms with Gasteiger partial charge in [0.25, 0.3) is 5.91 Å². The third-order valence-corrected chi connectivity index (χ3v) is 4.43. The van der Waals surface area contributed by atoms with Gasteiger partial charge in [0.15, 0.2) is 0 Å². The zero-order valence-corrected chi connectivity index (χ0v) is 15.3. The third-order valence-electron chi connectivity index (χ3n) is 4.43. The Morgan fingerprint density at radius 2 is 1.61 bits per heavy atom. The molecule has 0 aliphatic heterocycles. The Morgan fingerprint density at radius 3 is 2.32 bits per heavy atom. The first-order valence-electron chi connectivity index (χ1n) is 8.90. The van der Waals surface area contributed by atoms with Gasteiger partial charge < -0.3 is 5.32 Å². The molecule has 0 unspecified atom stereocenters. The highest BCUT2D eigenvalue weighted by Crippen LogP contribution is 2.25. The molecule has 0 spiro atoms. The van der Waals surface area contributed by atoms with Crippen LogP contribution in [0.1, 0.15) is 15.9 Å². The summed E-state index contributed by atoms with van der Waals surface area (Å²) in [7, 11) is 0. The highest BCUT2D eigenvalue weighted by Gasteiger charge is 2.19. The predicted octanol–water partition coefficient (Wildman–Crippen LogP) is 5.24. The molecule has 4 aromatic rings. The molecule has 1 amide bonds. The van der Waals surface area contributed by atoms with E-state index in [1.807, 2.05) is 61.5 Å². The van der Waals surface area contributed by atoms with E-state index in [0.717, 1.165) is 16.8 Å². The molecule has 0 aliphatic rings. The van der Waals surface area contributed by atoms with Crippen LogP contribution in [0.4, 0.5) is 10.1 Å². The molecule has 0 saturated carbocycles. The third kappa shape index (κ3) is 3.55. The Bertz CT molecular complexity index is 1120. The molecule has 0 radical (unpaired) electrons. The molecule has 138 valence electrons. The van der Waals surface area contributed by atoms with Crippen LogP contribution in [0, 0.1) is 12.7 Å². The Labute approximate surface area is 162 Å². The average Bonchev–Trinajstić information content (AvgIpc) is 3.16. The van der Waals surface area contributed by atoms with Crippen molar-refractivity contribution in [2.45, 2.75) is 6.92 Å². The summed E-state index contributed by atoms with van der Waals surface area (Å²) in [6.45, 7) is 2.01. The first kappa shape index (κ1) is 17.7. The van der Waals surface area contributed by atoms with E-state index in [4.69, 9.17) is 0 Å². The molecule has 28 heavy (non-hydrogen) atoms. The Hall–Kier alpha value is -3.73. The molecule has 0 atom stereocenters. The van der Waals surface area contributed by atoms with Gasteiger partial charge in [-0.05, 0) is 31.2 Å². The minimum atomic E-state index is -0.483. The quantitative estimate of drug-likeness (QED) is 0.533. The maximum absolute atomic E-state index is 14.0. The van der Waals surface area contributed by atoms with Gasteiger partial charge in [-0.15, -0.1) is 0 Å². The number of hydrogen-bond donors (Lipinski definition) is 1. The van der Waals surface area contributed by atoms with Crippen molar-refractivity contribution in [2.24, 2.45) is 0 Å². The van der Waals surface area contributed by atoms with Crippen molar-refractivity contribution in [3.8, 4) is 16.9 Å². The lowest BCUT2D eigenvalue weighted by Crippen LogP contribution is -2.13. The van der Waals surface area contributed by atoms with Crippen LogP contribution < -0.4 is 5.32 Å². The van der Waals surface area contributed by atoms with Crippen LogP contribution in [-0.4, -0.2) is 15.7 Å². The van der Waals surface area contributed by atoms with Crippen molar-refractivity contribution in [3.05, 3.63) is 102 Å². The summed E-state index contributed by atoms with van der Waals surface area (Å²) in [5, 5.41) is 7.27. The van der Waals surface area contributed by atoms with Crippen molar-refractivity contribution >= 4 is 11.6 Å². The molecular formula is C23H18FN3O. The molecule has 1 heterocycles. The number of para-hydroxylation sites is 1. The first-order chi connectivity index (χ1) is 13.6. The number of benzene rings is 3. The second-order valence-electron chi connectivity index (χ2n) is 6.47. The summed E-state index contributed by atoms with van der Waals surface area (Å²) >= 11 is 0. The van der Waals surface area contributed by atoms with E-state index in [1.165, 1.54) is 12.1 Å². The Kier molecular flexibility index (Phi) is 4.72. The van der Waals surface area contributed by atoms with E-state index in [-0.39, 0.29) is 5.69 Å². The molecule has 0 fully saturated rings. The van der Waals surface area contributed by atoms with Crippen LogP contribution in [0.25, 0.3) is 16.9 Å². The largest absolute Gasteiger partial charge is 0.319 e. The maximum Gasteiger partial charge on any atom is 0.259 e. The summed E-state index contributed by atoms with van der Waals surface area (Å²) in [6, 6.07) is 23.4. The second-order valence-corrected chi connectivity index (χ2v) is 6.47. The number of carbonyl (C=O) groups is 1. The highest BCUT2D eigenvalue weighted by molar-refractivity contribution is 6.08. The van der Waals surface area contributed by atoms with Crippen molar-refractivity contribution in [3.63, 3.8) is 0 Å². The van der Waals surface area contributed by atoms with E-state index in [0.29, 0.717) is 11.3 Å². The van der Waals surface area contributed by atoms with Gasteiger partial charge >= 0.3 is 0 Å². The fourth-order valence-electron chi connectivity index (χ4n) is 2.93. The van der Waals surface area contributed by atoms with Gasteiger partial charge in [0.05, 0.1) is 16.9 Å². The minimum Gasteiger partial charge on any atom is -0.319 e. The van der Waals surface area contributed by atoms with Gasteiger partial charge in [-0.3, -0.25) is 4.79 Å². The average molecular weight is 371 g/mol. The monoisotopic (exact) mass is 371 g/mol. The number of aromatic nitrogens is 2. The SMILES string of the molecule is Cc1ccc(-n2cc(C(=O)Nc3ccccc3F)c(-c3ccccc3)n2)cc1. The first-order valence-corrected chi connectivity index (χ1v) is 8.90. The van der Waals surface area contributed by atoms with E-state index < -0.39 is 11.7 Å². The van der Waals surface area contributed by atoms with Crippen LogP contribution in [0.3, 0.4) is 0 Å². The van der Waals surface area contributed by atoms with Crippen molar-refractivity contribution in [1.82, 2.24) is 9.78 Å². The summed E-state index contributed by atoms with van der Waals surface area (Å²) in [6.07, 6.45) is 1.67. The standard InChI is InChI=1S/C23H18FN3O/c1-16-11-13-18(14-12-16)27-15-19(22(26-27)17-7-3-2-4-8-17)23(28)25-21-10-6-5-9-20(21)24/h2-15H,1H3,(H,25,28). The van der Waals surface area contributed by atoms with Gasteiger partial charge in [-0.1, -0.05) is 60.2 Å². The number of aryl methyl sites for hydroxylation is 1. The number of rotatable bonds is 4. The van der Waals surface area contributed by atoms with Crippen LogP contribution >= 0.6 is 0 Å².